The van der Waals surface area contributed by atoms with Crippen LogP contribution in [-0.4, -0.2) is 31.6 Å². The number of rotatable bonds is 3. The van der Waals surface area contributed by atoms with Crippen LogP contribution in [0.4, 0.5) is 11.4 Å². The average molecular weight is 287 g/mol. The van der Waals surface area contributed by atoms with E-state index in [2.05, 4.69) is 27.7 Å². The predicted molar refractivity (Wildman–Crippen MR) is 86.8 cm³/mol. The molecule has 4 heteroatoms. The number of carbonyl (C=O) groups excluding carboxylic acids is 1. The van der Waals surface area contributed by atoms with Gasteiger partial charge in [0.2, 0.25) is 5.91 Å². The van der Waals surface area contributed by atoms with Crippen LogP contribution in [0.3, 0.4) is 0 Å². The maximum absolute atomic E-state index is 12.4. The first-order valence-electron chi connectivity index (χ1n) is 8.22. The summed E-state index contributed by atoms with van der Waals surface area (Å²) in [7, 11) is 0. The van der Waals surface area contributed by atoms with E-state index in [9.17, 15) is 4.79 Å². The zero-order valence-corrected chi connectivity index (χ0v) is 12.6. The summed E-state index contributed by atoms with van der Waals surface area (Å²) < 4.78 is 0. The van der Waals surface area contributed by atoms with Gasteiger partial charge >= 0.3 is 0 Å². The molecular formula is C17H25N3O. The molecule has 0 saturated carbocycles. The Labute approximate surface area is 126 Å². The number of benzene rings is 1. The number of nitrogens with one attached hydrogen (secondary N) is 2. The second kappa shape index (κ2) is 6.94. The molecule has 0 radical (unpaired) electrons. The summed E-state index contributed by atoms with van der Waals surface area (Å²) in [6, 6.07) is 8.20. The van der Waals surface area contributed by atoms with Gasteiger partial charge in [-0.3, -0.25) is 4.79 Å². The summed E-state index contributed by atoms with van der Waals surface area (Å²) in [4.78, 5) is 14.8. The van der Waals surface area contributed by atoms with Crippen LogP contribution in [0.15, 0.2) is 24.3 Å². The van der Waals surface area contributed by atoms with Crippen LogP contribution in [-0.2, 0) is 4.79 Å². The second-order valence-electron chi connectivity index (χ2n) is 6.09. The zero-order chi connectivity index (χ0) is 14.5. The third-order valence-corrected chi connectivity index (χ3v) is 4.46. The molecule has 2 heterocycles. The Morgan fingerprint density at radius 1 is 1.14 bits per heavy atom. The highest BCUT2D eigenvalue weighted by Crippen LogP contribution is 2.23. The zero-order valence-electron chi connectivity index (χ0n) is 12.6. The molecule has 2 N–H and O–H groups in total. The van der Waals surface area contributed by atoms with Crippen molar-refractivity contribution in [2.24, 2.45) is 0 Å². The maximum atomic E-state index is 12.4. The molecule has 1 aromatic rings. The van der Waals surface area contributed by atoms with Gasteiger partial charge in [-0.1, -0.05) is 18.9 Å². The molecule has 1 aromatic carbocycles. The standard InChI is InChI=1S/C17H25N3O/c21-17(16-9-2-1-3-10-18-16)19-14-7-6-8-15(13-14)20-11-4-5-12-20/h6-8,13,16,18H,1-5,9-12H2,(H,19,21). The molecule has 0 bridgehead atoms. The minimum absolute atomic E-state index is 0.0389. The summed E-state index contributed by atoms with van der Waals surface area (Å²) in [5.74, 6) is 0.107. The van der Waals surface area contributed by atoms with E-state index in [0.29, 0.717) is 0 Å². The first-order valence-corrected chi connectivity index (χ1v) is 8.22. The van der Waals surface area contributed by atoms with Crippen molar-refractivity contribution in [3.05, 3.63) is 24.3 Å². The summed E-state index contributed by atoms with van der Waals surface area (Å²) >= 11 is 0. The van der Waals surface area contributed by atoms with Crippen LogP contribution < -0.4 is 15.5 Å². The Balaban J connectivity index is 1.63. The second-order valence-corrected chi connectivity index (χ2v) is 6.09. The molecule has 0 aromatic heterocycles. The minimum atomic E-state index is -0.0389. The van der Waals surface area contributed by atoms with Gasteiger partial charge in [-0.05, 0) is 50.4 Å². The summed E-state index contributed by atoms with van der Waals surface area (Å²) in [6.45, 7) is 3.20. The van der Waals surface area contributed by atoms with Crippen molar-refractivity contribution in [1.82, 2.24) is 5.32 Å². The van der Waals surface area contributed by atoms with Crippen LogP contribution in [0.25, 0.3) is 0 Å². The first-order chi connectivity index (χ1) is 10.3. The van der Waals surface area contributed by atoms with Crippen molar-refractivity contribution < 1.29 is 4.79 Å². The first kappa shape index (κ1) is 14.4. The number of anilines is 2. The van der Waals surface area contributed by atoms with Crippen LogP contribution in [0.5, 0.6) is 0 Å². The van der Waals surface area contributed by atoms with Crippen molar-refractivity contribution in [1.29, 1.82) is 0 Å². The number of hydrogen-bond acceptors (Lipinski definition) is 3. The fraction of sp³-hybridized carbons (Fsp3) is 0.588. The van der Waals surface area contributed by atoms with Crippen LogP contribution in [0.1, 0.15) is 38.5 Å². The molecule has 2 fully saturated rings. The molecule has 1 amide bonds. The van der Waals surface area contributed by atoms with Crippen LogP contribution in [0.2, 0.25) is 0 Å². The number of amides is 1. The smallest absolute Gasteiger partial charge is 0.241 e. The molecule has 114 valence electrons. The molecule has 1 atom stereocenters. The van der Waals surface area contributed by atoms with Gasteiger partial charge in [0.1, 0.15) is 0 Å². The summed E-state index contributed by atoms with van der Waals surface area (Å²) in [5.41, 5.74) is 2.13. The molecule has 0 spiro atoms. The Morgan fingerprint density at radius 2 is 2.00 bits per heavy atom. The van der Waals surface area contributed by atoms with E-state index in [1.807, 2.05) is 12.1 Å². The van der Waals surface area contributed by atoms with Crippen molar-refractivity contribution in [2.75, 3.05) is 29.9 Å². The quantitative estimate of drug-likeness (QED) is 0.898. The summed E-state index contributed by atoms with van der Waals surface area (Å²) in [5, 5.41) is 6.42. The van der Waals surface area contributed by atoms with Gasteiger partial charge in [-0.15, -0.1) is 0 Å². The lowest BCUT2D eigenvalue weighted by atomic mass is 10.1. The van der Waals surface area contributed by atoms with E-state index in [4.69, 9.17) is 0 Å². The highest BCUT2D eigenvalue weighted by Gasteiger charge is 2.20. The fourth-order valence-corrected chi connectivity index (χ4v) is 3.24. The average Bonchev–Trinajstić information content (AvgIpc) is 2.90. The molecule has 0 aliphatic carbocycles. The van der Waals surface area contributed by atoms with Crippen LogP contribution in [0, 0.1) is 0 Å². The number of nitrogens with zero attached hydrogens (tertiary/aromatic N) is 1. The Kier molecular flexibility index (Phi) is 4.76. The molecule has 21 heavy (non-hydrogen) atoms. The van der Waals surface area contributed by atoms with Crippen molar-refractivity contribution in [2.45, 2.75) is 44.6 Å². The lowest BCUT2D eigenvalue weighted by molar-refractivity contribution is -0.118. The largest absolute Gasteiger partial charge is 0.371 e. The van der Waals surface area contributed by atoms with Gasteiger partial charge in [0.25, 0.3) is 0 Å². The van der Waals surface area contributed by atoms with E-state index in [1.54, 1.807) is 0 Å². The molecule has 3 rings (SSSR count). The SMILES string of the molecule is O=C(Nc1cccc(N2CCCC2)c1)C1CCCCCN1. The van der Waals surface area contributed by atoms with Crippen LogP contribution >= 0.6 is 0 Å². The van der Waals surface area contributed by atoms with Gasteiger partial charge < -0.3 is 15.5 Å². The highest BCUT2D eigenvalue weighted by molar-refractivity contribution is 5.95. The third kappa shape index (κ3) is 3.76. The monoisotopic (exact) mass is 287 g/mol. The van der Waals surface area contributed by atoms with E-state index < -0.39 is 0 Å². The van der Waals surface area contributed by atoms with E-state index in [-0.39, 0.29) is 11.9 Å². The van der Waals surface area contributed by atoms with Crippen molar-refractivity contribution in [3.8, 4) is 0 Å². The maximum Gasteiger partial charge on any atom is 0.241 e. The Bertz CT molecular complexity index is 475. The number of hydrogen-bond donors (Lipinski definition) is 2. The molecule has 2 aliphatic rings. The van der Waals surface area contributed by atoms with Gasteiger partial charge in [0, 0.05) is 24.5 Å². The lowest BCUT2D eigenvalue weighted by Crippen LogP contribution is -2.39. The number of carbonyl (C=O) groups is 1. The van der Waals surface area contributed by atoms with Gasteiger partial charge in [-0.25, -0.2) is 0 Å². The lowest BCUT2D eigenvalue weighted by Gasteiger charge is -2.19. The molecular weight excluding hydrogens is 262 g/mol. The van der Waals surface area contributed by atoms with Crippen molar-refractivity contribution >= 4 is 17.3 Å². The molecule has 1 unspecified atom stereocenters. The van der Waals surface area contributed by atoms with E-state index in [0.717, 1.165) is 38.2 Å². The van der Waals surface area contributed by atoms with Gasteiger partial charge in [-0.2, -0.15) is 0 Å². The fourth-order valence-electron chi connectivity index (χ4n) is 3.24. The van der Waals surface area contributed by atoms with Gasteiger partial charge in [0.05, 0.1) is 6.04 Å². The summed E-state index contributed by atoms with van der Waals surface area (Å²) in [6.07, 6.45) is 7.01. The Hall–Kier alpha value is -1.55. The minimum Gasteiger partial charge on any atom is -0.371 e. The topological polar surface area (TPSA) is 44.4 Å². The van der Waals surface area contributed by atoms with E-state index >= 15 is 0 Å². The highest BCUT2D eigenvalue weighted by atomic mass is 16.2. The van der Waals surface area contributed by atoms with Gasteiger partial charge in [0.15, 0.2) is 0 Å². The molecule has 4 nitrogen and oxygen atoms in total. The van der Waals surface area contributed by atoms with Crippen molar-refractivity contribution in [3.63, 3.8) is 0 Å². The molecule has 2 saturated heterocycles. The normalized spacial score (nSPS) is 22.9. The van der Waals surface area contributed by atoms with E-state index in [1.165, 1.54) is 31.4 Å². The predicted octanol–water partition coefficient (Wildman–Crippen LogP) is 2.76. The Morgan fingerprint density at radius 3 is 2.86 bits per heavy atom. The third-order valence-electron chi connectivity index (χ3n) is 4.46. The molecule has 2 aliphatic heterocycles.